The Kier molecular flexibility index (Phi) is 8.75. The molecule has 0 unspecified atom stereocenters. The molecule has 2 aliphatic rings. The minimum atomic E-state index is -3.65. The van der Waals surface area contributed by atoms with Crippen LogP contribution in [0, 0.1) is 17.7 Å². The van der Waals surface area contributed by atoms with Gasteiger partial charge in [0, 0.05) is 0 Å². The minimum Gasteiger partial charge on any atom is -0.316 e. The van der Waals surface area contributed by atoms with Gasteiger partial charge in [0.2, 0.25) is 0 Å². The Labute approximate surface area is 208 Å². The Morgan fingerprint density at radius 2 is 1.46 bits per heavy atom. The number of hydrogen-bond acceptors (Lipinski definition) is 1. The maximum Gasteiger partial charge on any atom is 0.386 e. The molecule has 2 aromatic rings. The van der Waals surface area contributed by atoms with Crippen molar-refractivity contribution in [1.29, 1.82) is 0 Å². The van der Waals surface area contributed by atoms with Crippen molar-refractivity contribution in [3.63, 3.8) is 0 Å². The highest BCUT2D eigenvalue weighted by Gasteiger charge is 2.36. The highest BCUT2D eigenvalue weighted by molar-refractivity contribution is 5.30. The van der Waals surface area contributed by atoms with Crippen LogP contribution in [0.4, 0.5) is 13.2 Å². The molecule has 2 aromatic carbocycles. The van der Waals surface area contributed by atoms with Gasteiger partial charge in [-0.25, -0.2) is 4.39 Å². The second-order valence-corrected chi connectivity index (χ2v) is 10.7. The van der Waals surface area contributed by atoms with Gasteiger partial charge in [0.05, 0.1) is 12.2 Å². The average Bonchev–Trinajstić information content (AvgIpc) is 2.85. The Morgan fingerprint density at radius 1 is 0.857 bits per heavy atom. The normalized spacial score (nSPS) is 25.7. The second-order valence-electron chi connectivity index (χ2n) is 10.7. The topological polar surface area (TPSA) is 9.23 Å². The van der Waals surface area contributed by atoms with Crippen molar-refractivity contribution >= 4 is 0 Å². The molecule has 1 nitrogen and oxygen atoms in total. The van der Waals surface area contributed by atoms with E-state index in [1.165, 1.54) is 43.4 Å². The first kappa shape index (κ1) is 26.0. The zero-order valence-electron chi connectivity index (χ0n) is 21.1. The van der Waals surface area contributed by atoms with Crippen LogP contribution in [0.25, 0.3) is 0 Å². The molecule has 4 rings (SSSR count). The molecule has 0 aliphatic heterocycles. The fraction of sp³-hybridized carbons (Fsp3) is 0.548. The van der Waals surface area contributed by atoms with Crippen molar-refractivity contribution in [1.82, 2.24) is 0 Å². The van der Waals surface area contributed by atoms with Gasteiger partial charge in [-0.3, -0.25) is 0 Å². The maximum absolute atomic E-state index is 14.7. The van der Waals surface area contributed by atoms with E-state index >= 15 is 0 Å². The number of halogens is 3. The lowest BCUT2D eigenvalue weighted by Crippen LogP contribution is -2.22. The van der Waals surface area contributed by atoms with E-state index in [9.17, 15) is 13.2 Å². The fourth-order valence-electron chi connectivity index (χ4n) is 5.86. The van der Waals surface area contributed by atoms with E-state index in [1.54, 1.807) is 6.07 Å². The van der Waals surface area contributed by atoms with Gasteiger partial charge in [0.25, 0.3) is 0 Å². The van der Waals surface area contributed by atoms with Crippen LogP contribution < -0.4 is 0 Å². The van der Waals surface area contributed by atoms with Crippen LogP contribution in [0.15, 0.2) is 54.6 Å². The quantitative estimate of drug-likeness (QED) is 0.339. The first-order valence-corrected chi connectivity index (χ1v) is 13.4. The molecule has 2 aliphatic carbocycles. The predicted molar refractivity (Wildman–Crippen MR) is 136 cm³/mol. The van der Waals surface area contributed by atoms with E-state index in [-0.39, 0.29) is 12.5 Å². The second kappa shape index (κ2) is 11.8. The summed E-state index contributed by atoms with van der Waals surface area (Å²) >= 11 is 0. The Morgan fingerprint density at radius 3 is 2.09 bits per heavy atom. The van der Waals surface area contributed by atoms with Crippen LogP contribution in [0.5, 0.6) is 0 Å². The number of ether oxygens (including phenoxy) is 1. The summed E-state index contributed by atoms with van der Waals surface area (Å²) in [6, 6.07) is 12.4. The molecule has 35 heavy (non-hydrogen) atoms. The largest absolute Gasteiger partial charge is 0.386 e. The number of alkyl halides is 2. The zero-order valence-corrected chi connectivity index (χ0v) is 21.1. The molecule has 0 atom stereocenters. The Balaban J connectivity index is 1.29. The summed E-state index contributed by atoms with van der Waals surface area (Å²) in [5, 5.41) is 0. The average molecular weight is 485 g/mol. The first-order chi connectivity index (χ1) is 16.9. The van der Waals surface area contributed by atoms with E-state index in [4.69, 9.17) is 4.74 Å². The minimum absolute atomic E-state index is 0.163. The number of allylic oxidation sites excluding steroid dienone is 2. The standard InChI is InChI=1S/C31H39F3O/c1-3-4-23-7-15-27(16-8-23)28-17-18-29(30(32)21-28)31(33,34)35-20-19-24-9-13-26(14-10-24)25-11-5-22(2)6-12-25/h3-4,9-10,13-14,17-18,21-23,25,27H,5-8,11-12,15-16,19-20H2,1-2H3/b4-3+. The third kappa shape index (κ3) is 6.78. The van der Waals surface area contributed by atoms with Gasteiger partial charge in [0.1, 0.15) is 5.82 Å². The van der Waals surface area contributed by atoms with Gasteiger partial charge in [-0.1, -0.05) is 62.2 Å². The maximum atomic E-state index is 14.7. The molecule has 0 N–H and O–H groups in total. The summed E-state index contributed by atoms with van der Waals surface area (Å²) in [5.74, 6) is 1.35. The van der Waals surface area contributed by atoms with E-state index in [0.29, 0.717) is 18.3 Å². The summed E-state index contributed by atoms with van der Waals surface area (Å²) in [6.45, 7) is 4.17. The van der Waals surface area contributed by atoms with Crippen molar-refractivity contribution in [2.75, 3.05) is 6.61 Å². The van der Waals surface area contributed by atoms with Crippen LogP contribution in [0.3, 0.4) is 0 Å². The molecule has 0 amide bonds. The van der Waals surface area contributed by atoms with Crippen molar-refractivity contribution in [2.45, 2.75) is 89.6 Å². The van der Waals surface area contributed by atoms with Gasteiger partial charge in [-0.2, -0.15) is 8.78 Å². The van der Waals surface area contributed by atoms with Gasteiger partial charge in [0.15, 0.2) is 0 Å². The van der Waals surface area contributed by atoms with Crippen molar-refractivity contribution in [2.24, 2.45) is 11.8 Å². The zero-order chi connectivity index (χ0) is 24.8. The van der Waals surface area contributed by atoms with Gasteiger partial charge >= 0.3 is 6.11 Å². The lowest BCUT2D eigenvalue weighted by Gasteiger charge is -2.27. The van der Waals surface area contributed by atoms with Crippen molar-refractivity contribution in [3.8, 4) is 0 Å². The lowest BCUT2D eigenvalue weighted by atomic mass is 9.78. The van der Waals surface area contributed by atoms with E-state index < -0.39 is 17.5 Å². The van der Waals surface area contributed by atoms with E-state index in [1.807, 2.05) is 19.1 Å². The molecule has 0 spiro atoms. The van der Waals surface area contributed by atoms with Gasteiger partial charge in [-0.15, -0.1) is 0 Å². The monoisotopic (exact) mass is 484 g/mol. The first-order valence-electron chi connectivity index (χ1n) is 13.4. The number of rotatable bonds is 8. The molecule has 0 aromatic heterocycles. The van der Waals surface area contributed by atoms with Crippen LogP contribution in [-0.2, 0) is 17.3 Å². The van der Waals surface area contributed by atoms with Crippen molar-refractivity contribution < 1.29 is 17.9 Å². The number of hydrogen-bond donors (Lipinski definition) is 0. The summed E-state index contributed by atoms with van der Waals surface area (Å²) < 4.78 is 49.0. The molecular weight excluding hydrogens is 445 g/mol. The molecule has 4 heteroatoms. The molecule has 2 fully saturated rings. The highest BCUT2D eigenvalue weighted by atomic mass is 19.3. The third-order valence-electron chi connectivity index (χ3n) is 8.16. The van der Waals surface area contributed by atoms with E-state index in [2.05, 4.69) is 31.2 Å². The molecular formula is C31H39F3O. The third-order valence-corrected chi connectivity index (χ3v) is 8.16. The summed E-state index contributed by atoms with van der Waals surface area (Å²) in [5.41, 5.74) is 2.43. The lowest BCUT2D eigenvalue weighted by molar-refractivity contribution is -0.249. The molecule has 190 valence electrons. The molecule has 0 saturated heterocycles. The Bertz CT molecular complexity index is 965. The molecule has 0 heterocycles. The summed E-state index contributed by atoms with van der Waals surface area (Å²) in [4.78, 5) is 0. The van der Waals surface area contributed by atoms with Crippen molar-refractivity contribution in [3.05, 3.63) is 82.7 Å². The molecule has 0 bridgehead atoms. The highest BCUT2D eigenvalue weighted by Crippen LogP contribution is 2.39. The number of benzene rings is 2. The van der Waals surface area contributed by atoms with Crippen LogP contribution in [0.1, 0.15) is 99.3 Å². The van der Waals surface area contributed by atoms with E-state index in [0.717, 1.165) is 42.7 Å². The molecule has 2 saturated carbocycles. The van der Waals surface area contributed by atoms with Crippen LogP contribution >= 0.6 is 0 Å². The summed E-state index contributed by atoms with van der Waals surface area (Å²) in [7, 11) is 0. The smallest absolute Gasteiger partial charge is 0.316 e. The van der Waals surface area contributed by atoms with Gasteiger partial charge < -0.3 is 4.74 Å². The predicted octanol–water partition coefficient (Wildman–Crippen LogP) is 9.28. The van der Waals surface area contributed by atoms with Crippen LogP contribution in [0.2, 0.25) is 0 Å². The fourth-order valence-corrected chi connectivity index (χ4v) is 5.86. The molecule has 0 radical (unpaired) electrons. The van der Waals surface area contributed by atoms with Crippen LogP contribution in [-0.4, -0.2) is 6.61 Å². The Hall–Kier alpha value is -2.07. The van der Waals surface area contributed by atoms with Gasteiger partial charge in [-0.05, 0) is 104 Å². The summed E-state index contributed by atoms with van der Waals surface area (Å²) in [6.07, 6.45) is 10.0. The SMILES string of the molecule is C/C=C/C1CCC(c2ccc(C(F)(F)OCCc3ccc(C4CCC(C)CC4)cc3)c(F)c2)CC1.